The van der Waals surface area contributed by atoms with Gasteiger partial charge in [-0.15, -0.1) is 0 Å². The second-order valence-electron chi connectivity index (χ2n) is 9.13. The lowest BCUT2D eigenvalue weighted by atomic mass is 9.68. The van der Waals surface area contributed by atoms with E-state index in [0.717, 1.165) is 45.2 Å². The topological polar surface area (TPSA) is 38.3 Å². The van der Waals surface area contributed by atoms with Gasteiger partial charge in [-0.05, 0) is 46.4 Å². The molecule has 158 valence electrons. The molecule has 0 fully saturated rings. The predicted octanol–water partition coefficient (Wildman–Crippen LogP) is 7.46. The summed E-state index contributed by atoms with van der Waals surface area (Å²) in [7, 11) is 1.59. The molecule has 1 N–H and O–H groups in total. The lowest BCUT2D eigenvalue weighted by Gasteiger charge is -2.40. The van der Waals surface area contributed by atoms with Crippen LogP contribution in [0.25, 0.3) is 16.3 Å². The van der Waals surface area contributed by atoms with Gasteiger partial charge in [0, 0.05) is 33.8 Å². The maximum absolute atomic E-state index is 13.5. The zero-order chi connectivity index (χ0) is 21.9. The number of methoxy groups -OCH3 is 1. The maximum Gasteiger partial charge on any atom is 0.162 e. The summed E-state index contributed by atoms with van der Waals surface area (Å²) >= 11 is 12.8. The quantitative estimate of drug-likeness (QED) is 0.439. The van der Waals surface area contributed by atoms with Crippen LogP contribution < -0.4 is 10.1 Å². The Labute approximate surface area is 192 Å². The second kappa shape index (κ2) is 7.29. The van der Waals surface area contributed by atoms with Crippen molar-refractivity contribution in [3.05, 3.63) is 75.3 Å². The number of ketones is 1. The van der Waals surface area contributed by atoms with Gasteiger partial charge in [-0.25, -0.2) is 0 Å². The SMILES string of the molecule is COc1c(Cl)cc(Cl)cc1C1Nc2ccc3ccccc3c2C2=C1C(=O)CC(C)(C)C2. The van der Waals surface area contributed by atoms with Gasteiger partial charge in [0.1, 0.15) is 5.75 Å². The number of anilines is 1. The van der Waals surface area contributed by atoms with Crippen molar-refractivity contribution in [1.82, 2.24) is 0 Å². The van der Waals surface area contributed by atoms with Crippen LogP contribution in [0, 0.1) is 5.41 Å². The Hall–Kier alpha value is -2.49. The molecule has 5 rings (SSSR count). The molecule has 0 aromatic heterocycles. The number of fused-ring (bicyclic) bond motifs is 4. The fourth-order valence-electron chi connectivity index (χ4n) is 5.08. The number of allylic oxidation sites excluding steroid dienone is 1. The van der Waals surface area contributed by atoms with E-state index in [4.69, 9.17) is 27.9 Å². The first kappa shape index (κ1) is 20.4. The van der Waals surface area contributed by atoms with Gasteiger partial charge < -0.3 is 10.1 Å². The molecule has 0 saturated carbocycles. The summed E-state index contributed by atoms with van der Waals surface area (Å²) in [6.07, 6.45) is 1.32. The van der Waals surface area contributed by atoms with E-state index >= 15 is 0 Å². The van der Waals surface area contributed by atoms with E-state index in [9.17, 15) is 4.79 Å². The standard InChI is InChI=1S/C26H23Cl2NO2/c1-26(2)12-18-22-16-7-5-4-6-14(16)8-9-20(22)29-24(23(18)21(30)13-26)17-10-15(27)11-19(28)25(17)31-3/h4-11,24,29H,12-13H2,1-3H3. The second-order valence-corrected chi connectivity index (χ2v) is 9.97. The molecule has 31 heavy (non-hydrogen) atoms. The number of benzene rings is 3. The molecular weight excluding hydrogens is 429 g/mol. The molecule has 0 spiro atoms. The molecule has 5 heteroatoms. The van der Waals surface area contributed by atoms with E-state index in [1.807, 2.05) is 18.2 Å². The highest BCUT2D eigenvalue weighted by molar-refractivity contribution is 6.35. The summed E-state index contributed by atoms with van der Waals surface area (Å²) in [5.74, 6) is 0.692. The molecule has 1 atom stereocenters. The Morgan fingerprint density at radius 2 is 1.84 bits per heavy atom. The van der Waals surface area contributed by atoms with Crippen molar-refractivity contribution in [2.75, 3.05) is 12.4 Å². The summed E-state index contributed by atoms with van der Waals surface area (Å²) in [4.78, 5) is 13.5. The number of rotatable bonds is 2. The van der Waals surface area contributed by atoms with Crippen molar-refractivity contribution in [3.63, 3.8) is 0 Å². The molecule has 0 bridgehead atoms. The van der Waals surface area contributed by atoms with Crippen molar-refractivity contribution in [2.45, 2.75) is 32.7 Å². The van der Waals surface area contributed by atoms with Crippen molar-refractivity contribution in [1.29, 1.82) is 0 Å². The number of carbonyl (C=O) groups is 1. The minimum Gasteiger partial charge on any atom is -0.495 e. The summed E-state index contributed by atoms with van der Waals surface area (Å²) < 4.78 is 5.63. The first-order valence-corrected chi connectivity index (χ1v) is 11.1. The lowest BCUT2D eigenvalue weighted by Crippen LogP contribution is -2.33. The molecule has 0 radical (unpaired) electrons. The van der Waals surface area contributed by atoms with Crippen LogP contribution >= 0.6 is 23.2 Å². The smallest absolute Gasteiger partial charge is 0.162 e. The number of hydrogen-bond acceptors (Lipinski definition) is 3. The van der Waals surface area contributed by atoms with Gasteiger partial charge in [0.15, 0.2) is 5.78 Å². The molecule has 1 heterocycles. The summed E-state index contributed by atoms with van der Waals surface area (Å²) in [6, 6.07) is 15.7. The Morgan fingerprint density at radius 3 is 2.61 bits per heavy atom. The van der Waals surface area contributed by atoms with E-state index in [-0.39, 0.29) is 17.2 Å². The van der Waals surface area contributed by atoms with Crippen LogP contribution in [-0.2, 0) is 4.79 Å². The average Bonchev–Trinajstić information content (AvgIpc) is 2.71. The molecule has 1 aliphatic carbocycles. The van der Waals surface area contributed by atoms with Crippen LogP contribution in [0.15, 0.2) is 54.1 Å². The minimum absolute atomic E-state index is 0.109. The van der Waals surface area contributed by atoms with Crippen LogP contribution in [0.2, 0.25) is 10.0 Å². The Balaban J connectivity index is 1.83. The molecule has 1 unspecified atom stereocenters. The van der Waals surface area contributed by atoms with Gasteiger partial charge in [0.25, 0.3) is 0 Å². The third-order valence-electron chi connectivity index (χ3n) is 6.29. The van der Waals surface area contributed by atoms with Crippen molar-refractivity contribution >= 4 is 51.0 Å². The number of Topliss-reactive ketones (excluding diaryl/α,β-unsaturated/α-hetero) is 1. The third kappa shape index (κ3) is 3.31. The highest BCUT2D eigenvalue weighted by Gasteiger charge is 2.41. The van der Waals surface area contributed by atoms with Gasteiger partial charge in [0.05, 0.1) is 18.2 Å². The monoisotopic (exact) mass is 451 g/mol. The summed E-state index contributed by atoms with van der Waals surface area (Å²) in [5.41, 5.74) is 4.69. The fraction of sp³-hybridized carbons (Fsp3) is 0.269. The van der Waals surface area contributed by atoms with Gasteiger partial charge in [0.2, 0.25) is 0 Å². The van der Waals surface area contributed by atoms with Crippen LogP contribution in [0.5, 0.6) is 5.75 Å². The van der Waals surface area contributed by atoms with E-state index in [0.29, 0.717) is 22.2 Å². The maximum atomic E-state index is 13.5. The molecule has 0 saturated heterocycles. The minimum atomic E-state index is -0.376. The molecule has 3 nitrogen and oxygen atoms in total. The lowest BCUT2D eigenvalue weighted by molar-refractivity contribution is -0.118. The number of nitrogens with one attached hydrogen (secondary N) is 1. The van der Waals surface area contributed by atoms with Gasteiger partial charge in [-0.1, -0.05) is 67.4 Å². The molecular formula is C26H23Cl2NO2. The van der Waals surface area contributed by atoms with E-state index < -0.39 is 0 Å². The predicted molar refractivity (Wildman–Crippen MR) is 128 cm³/mol. The highest BCUT2D eigenvalue weighted by atomic mass is 35.5. The summed E-state index contributed by atoms with van der Waals surface area (Å²) in [6.45, 7) is 4.32. The Kier molecular flexibility index (Phi) is 4.80. The first-order chi connectivity index (χ1) is 14.8. The van der Waals surface area contributed by atoms with Crippen molar-refractivity contribution in [3.8, 4) is 5.75 Å². The molecule has 3 aromatic carbocycles. The zero-order valence-electron chi connectivity index (χ0n) is 17.7. The molecule has 1 aliphatic heterocycles. The number of carbonyl (C=O) groups excluding carboxylic acids is 1. The Morgan fingerprint density at radius 1 is 1.06 bits per heavy atom. The van der Waals surface area contributed by atoms with Crippen molar-refractivity contribution < 1.29 is 9.53 Å². The van der Waals surface area contributed by atoms with E-state index in [2.05, 4.69) is 43.4 Å². The van der Waals surface area contributed by atoms with Gasteiger partial charge in [-0.2, -0.15) is 0 Å². The van der Waals surface area contributed by atoms with Crippen LogP contribution in [0.1, 0.15) is 43.9 Å². The molecule has 3 aromatic rings. The van der Waals surface area contributed by atoms with Gasteiger partial charge in [-0.3, -0.25) is 4.79 Å². The normalized spacial score (nSPS) is 19.6. The Bertz CT molecular complexity index is 1280. The first-order valence-electron chi connectivity index (χ1n) is 10.4. The largest absolute Gasteiger partial charge is 0.495 e. The number of hydrogen-bond donors (Lipinski definition) is 1. The number of ether oxygens (including phenoxy) is 1. The zero-order valence-corrected chi connectivity index (χ0v) is 19.2. The molecule has 0 amide bonds. The van der Waals surface area contributed by atoms with Gasteiger partial charge >= 0.3 is 0 Å². The fourth-order valence-corrected chi connectivity index (χ4v) is 5.67. The highest BCUT2D eigenvalue weighted by Crippen LogP contribution is 2.53. The van der Waals surface area contributed by atoms with Crippen molar-refractivity contribution in [2.24, 2.45) is 5.41 Å². The average molecular weight is 452 g/mol. The van der Waals surface area contributed by atoms with Crippen LogP contribution in [0.4, 0.5) is 5.69 Å². The molecule has 2 aliphatic rings. The third-order valence-corrected chi connectivity index (χ3v) is 6.79. The number of halogens is 2. The summed E-state index contributed by atoms with van der Waals surface area (Å²) in [5, 5.41) is 6.87. The van der Waals surface area contributed by atoms with E-state index in [1.165, 1.54) is 0 Å². The van der Waals surface area contributed by atoms with E-state index in [1.54, 1.807) is 13.2 Å². The van der Waals surface area contributed by atoms with Crippen LogP contribution in [-0.4, -0.2) is 12.9 Å². The van der Waals surface area contributed by atoms with Crippen LogP contribution in [0.3, 0.4) is 0 Å².